The second kappa shape index (κ2) is 4.41. The summed E-state index contributed by atoms with van der Waals surface area (Å²) in [4.78, 5) is 4.32. The van der Waals surface area contributed by atoms with Crippen molar-refractivity contribution in [1.82, 2.24) is 9.36 Å². The van der Waals surface area contributed by atoms with E-state index in [0.29, 0.717) is 6.54 Å². The predicted octanol–water partition coefficient (Wildman–Crippen LogP) is 0.992. The summed E-state index contributed by atoms with van der Waals surface area (Å²) in [6.07, 6.45) is 2.96. The van der Waals surface area contributed by atoms with Crippen molar-refractivity contribution in [3.05, 3.63) is 10.8 Å². The molecule has 1 heterocycles. The lowest BCUT2D eigenvalue weighted by Crippen LogP contribution is -2.02. The molecule has 4 heteroatoms. The van der Waals surface area contributed by atoms with E-state index in [-0.39, 0.29) is 0 Å². The van der Waals surface area contributed by atoms with Crippen LogP contribution in [-0.2, 0) is 12.8 Å². The Morgan fingerprint density at radius 3 is 2.91 bits per heavy atom. The summed E-state index contributed by atoms with van der Waals surface area (Å²) in [6.45, 7) is 2.80. The second-order valence-electron chi connectivity index (χ2n) is 2.39. The average molecular weight is 171 g/mol. The molecular weight excluding hydrogens is 158 g/mol. The van der Waals surface area contributed by atoms with E-state index >= 15 is 0 Å². The Labute approximate surface area is 70.8 Å². The lowest BCUT2D eigenvalue weighted by Gasteiger charge is -1.87. The third-order valence-corrected chi connectivity index (χ3v) is 2.15. The molecule has 0 aliphatic carbocycles. The van der Waals surface area contributed by atoms with Gasteiger partial charge in [-0.2, -0.15) is 4.37 Å². The van der Waals surface area contributed by atoms with E-state index in [1.165, 1.54) is 11.5 Å². The van der Waals surface area contributed by atoms with Crippen molar-refractivity contribution in [3.63, 3.8) is 0 Å². The van der Waals surface area contributed by atoms with Gasteiger partial charge in [0.25, 0.3) is 0 Å². The van der Waals surface area contributed by atoms with Gasteiger partial charge < -0.3 is 5.73 Å². The van der Waals surface area contributed by atoms with Gasteiger partial charge >= 0.3 is 0 Å². The number of aryl methyl sites for hydroxylation is 1. The maximum Gasteiger partial charge on any atom is 0.142 e. The summed E-state index contributed by atoms with van der Waals surface area (Å²) < 4.78 is 4.20. The van der Waals surface area contributed by atoms with Crippen molar-refractivity contribution in [1.29, 1.82) is 0 Å². The molecule has 2 N–H and O–H groups in total. The first kappa shape index (κ1) is 8.62. The van der Waals surface area contributed by atoms with Crippen molar-refractivity contribution in [2.45, 2.75) is 26.2 Å². The second-order valence-corrected chi connectivity index (χ2v) is 3.23. The molecule has 0 atom stereocenters. The van der Waals surface area contributed by atoms with Crippen LogP contribution in [-0.4, -0.2) is 15.9 Å². The quantitative estimate of drug-likeness (QED) is 0.735. The first-order valence-corrected chi connectivity index (χ1v) is 4.65. The predicted molar refractivity (Wildman–Crippen MR) is 46.7 cm³/mol. The molecule has 0 unspecified atom stereocenters. The molecule has 0 aliphatic rings. The van der Waals surface area contributed by atoms with E-state index in [1.54, 1.807) is 0 Å². The third kappa shape index (κ3) is 2.55. The maximum atomic E-state index is 5.38. The average Bonchev–Trinajstić information content (AvgIpc) is 2.38. The fourth-order valence-corrected chi connectivity index (χ4v) is 1.54. The number of hydrogen-bond acceptors (Lipinski definition) is 4. The van der Waals surface area contributed by atoms with Crippen LogP contribution in [0.15, 0.2) is 0 Å². The molecule has 0 saturated carbocycles. The number of aromatic nitrogens is 2. The van der Waals surface area contributed by atoms with Gasteiger partial charge in [-0.1, -0.05) is 6.92 Å². The van der Waals surface area contributed by atoms with Crippen LogP contribution in [0.2, 0.25) is 0 Å². The van der Waals surface area contributed by atoms with Crippen LogP contribution in [0.1, 0.15) is 24.2 Å². The minimum Gasteiger partial charge on any atom is -0.330 e. The Kier molecular flexibility index (Phi) is 3.45. The molecule has 1 aromatic heterocycles. The van der Waals surface area contributed by atoms with Crippen LogP contribution >= 0.6 is 11.5 Å². The van der Waals surface area contributed by atoms with Crippen molar-refractivity contribution in [2.75, 3.05) is 6.54 Å². The van der Waals surface area contributed by atoms with Crippen LogP contribution in [0.5, 0.6) is 0 Å². The zero-order chi connectivity index (χ0) is 8.10. The molecule has 0 aliphatic heterocycles. The van der Waals surface area contributed by atoms with Gasteiger partial charge in [0.2, 0.25) is 0 Å². The van der Waals surface area contributed by atoms with Crippen LogP contribution in [0.25, 0.3) is 0 Å². The Bertz CT molecular complexity index is 189. The zero-order valence-electron chi connectivity index (χ0n) is 6.71. The van der Waals surface area contributed by atoms with Crippen LogP contribution in [0, 0.1) is 0 Å². The van der Waals surface area contributed by atoms with Crippen LogP contribution < -0.4 is 5.73 Å². The first-order valence-electron chi connectivity index (χ1n) is 3.88. The van der Waals surface area contributed by atoms with E-state index in [9.17, 15) is 0 Å². The number of nitrogens with zero attached hydrogens (tertiary/aromatic N) is 2. The normalized spacial score (nSPS) is 10.4. The lowest BCUT2D eigenvalue weighted by molar-refractivity contribution is 0.844. The molecule has 0 amide bonds. The molecule has 0 fully saturated rings. The van der Waals surface area contributed by atoms with Gasteiger partial charge in [0.15, 0.2) is 0 Å². The van der Waals surface area contributed by atoms with Gasteiger partial charge in [0.05, 0.1) is 0 Å². The Morgan fingerprint density at radius 1 is 1.45 bits per heavy atom. The standard InChI is InChI=1S/C7H13N3S/c1-2-3-6-9-7(4-5-8)11-10-6/h2-5,8H2,1H3. The summed E-state index contributed by atoms with van der Waals surface area (Å²) in [6, 6.07) is 0. The van der Waals surface area contributed by atoms with E-state index in [1.807, 2.05) is 0 Å². The molecule has 11 heavy (non-hydrogen) atoms. The monoisotopic (exact) mass is 171 g/mol. The van der Waals surface area contributed by atoms with Crippen molar-refractivity contribution < 1.29 is 0 Å². The smallest absolute Gasteiger partial charge is 0.142 e. The van der Waals surface area contributed by atoms with Gasteiger partial charge in [0.1, 0.15) is 10.8 Å². The van der Waals surface area contributed by atoms with Crippen molar-refractivity contribution >= 4 is 11.5 Å². The molecule has 0 radical (unpaired) electrons. The van der Waals surface area contributed by atoms with Gasteiger partial charge in [0, 0.05) is 12.8 Å². The van der Waals surface area contributed by atoms with Gasteiger partial charge in [-0.15, -0.1) is 0 Å². The molecule has 0 spiro atoms. The minimum atomic E-state index is 0.667. The van der Waals surface area contributed by atoms with E-state index in [4.69, 9.17) is 5.73 Å². The molecule has 0 aromatic carbocycles. The zero-order valence-corrected chi connectivity index (χ0v) is 7.52. The van der Waals surface area contributed by atoms with Gasteiger partial charge in [-0.05, 0) is 24.5 Å². The summed E-state index contributed by atoms with van der Waals surface area (Å²) in [5.41, 5.74) is 5.38. The highest BCUT2D eigenvalue weighted by atomic mass is 32.1. The maximum absolute atomic E-state index is 5.38. The number of nitrogens with two attached hydrogens (primary N) is 1. The van der Waals surface area contributed by atoms with Gasteiger partial charge in [-0.3, -0.25) is 0 Å². The summed E-state index contributed by atoms with van der Waals surface area (Å²) >= 11 is 1.47. The number of rotatable bonds is 4. The van der Waals surface area contributed by atoms with Gasteiger partial charge in [-0.25, -0.2) is 4.98 Å². The molecule has 62 valence electrons. The fraction of sp³-hybridized carbons (Fsp3) is 0.714. The third-order valence-electron chi connectivity index (χ3n) is 1.34. The Morgan fingerprint density at radius 2 is 2.27 bits per heavy atom. The first-order chi connectivity index (χ1) is 5.36. The van der Waals surface area contributed by atoms with Crippen LogP contribution in [0.4, 0.5) is 0 Å². The molecule has 0 saturated heterocycles. The molecular formula is C7H13N3S. The highest BCUT2D eigenvalue weighted by Gasteiger charge is 2.00. The summed E-state index contributed by atoms with van der Waals surface area (Å²) in [5, 5.41) is 1.07. The summed E-state index contributed by atoms with van der Waals surface area (Å²) in [5.74, 6) is 0.973. The van der Waals surface area contributed by atoms with E-state index in [0.717, 1.165) is 30.1 Å². The SMILES string of the molecule is CCCc1nsc(CCN)n1. The highest BCUT2D eigenvalue weighted by molar-refractivity contribution is 7.05. The Balaban J connectivity index is 2.51. The molecule has 1 aromatic rings. The van der Waals surface area contributed by atoms with E-state index < -0.39 is 0 Å². The molecule has 0 bridgehead atoms. The van der Waals surface area contributed by atoms with E-state index in [2.05, 4.69) is 16.3 Å². The lowest BCUT2D eigenvalue weighted by atomic mass is 10.3. The van der Waals surface area contributed by atoms with Crippen molar-refractivity contribution in [2.24, 2.45) is 5.73 Å². The van der Waals surface area contributed by atoms with Crippen LogP contribution in [0.3, 0.4) is 0 Å². The Hall–Kier alpha value is -0.480. The molecule has 3 nitrogen and oxygen atoms in total. The van der Waals surface area contributed by atoms with Crippen molar-refractivity contribution in [3.8, 4) is 0 Å². The largest absolute Gasteiger partial charge is 0.330 e. The number of hydrogen-bond donors (Lipinski definition) is 1. The summed E-state index contributed by atoms with van der Waals surface area (Å²) in [7, 11) is 0. The topological polar surface area (TPSA) is 51.8 Å². The molecule has 1 rings (SSSR count). The highest BCUT2D eigenvalue weighted by Crippen LogP contribution is 2.05. The minimum absolute atomic E-state index is 0.667. The fourth-order valence-electron chi connectivity index (χ4n) is 0.840.